The first-order valence-corrected chi connectivity index (χ1v) is 7.99. The molecule has 1 aromatic rings. The second-order valence-corrected chi connectivity index (χ2v) is 6.53. The number of anilines is 1. The first-order valence-electron chi connectivity index (χ1n) is 7.20. The molecule has 2 unspecified atom stereocenters. The zero-order chi connectivity index (χ0) is 15.0. The highest BCUT2D eigenvalue weighted by molar-refractivity contribution is 9.10. The zero-order valence-corrected chi connectivity index (χ0v) is 13.1. The van der Waals surface area contributed by atoms with Crippen molar-refractivity contribution in [3.05, 3.63) is 32.5 Å². The summed E-state index contributed by atoms with van der Waals surface area (Å²) in [6, 6.07) is 3.01. The van der Waals surface area contributed by atoms with Crippen LogP contribution in [-0.4, -0.2) is 35.0 Å². The summed E-state index contributed by atoms with van der Waals surface area (Å²) in [5.41, 5.74) is 0.190. The van der Waals surface area contributed by atoms with Crippen LogP contribution in [0.5, 0.6) is 0 Å². The van der Waals surface area contributed by atoms with E-state index >= 15 is 0 Å². The van der Waals surface area contributed by atoms with Crippen LogP contribution in [0.1, 0.15) is 25.7 Å². The summed E-state index contributed by atoms with van der Waals surface area (Å²) in [5.74, 6) is -0.485. The normalized spacial score (nSPS) is 25.6. The molecular formula is C14H17BrFN3O2. The minimum absolute atomic E-state index is 0.0856. The highest BCUT2D eigenvalue weighted by atomic mass is 79.9. The fourth-order valence-corrected chi connectivity index (χ4v) is 3.75. The van der Waals surface area contributed by atoms with Crippen molar-refractivity contribution in [2.24, 2.45) is 0 Å². The molecule has 114 valence electrons. The smallest absolute Gasteiger partial charge is 0.293 e. The van der Waals surface area contributed by atoms with Crippen LogP contribution in [0.15, 0.2) is 16.6 Å². The predicted molar refractivity (Wildman–Crippen MR) is 82.0 cm³/mol. The number of benzene rings is 1. The van der Waals surface area contributed by atoms with Crippen molar-refractivity contribution in [2.45, 2.75) is 37.8 Å². The van der Waals surface area contributed by atoms with Crippen LogP contribution < -0.4 is 5.32 Å². The SMILES string of the molecule is O=[N+]([O-])c1cc(Br)c(F)cc1NC1CCN2CCCCC12. The lowest BCUT2D eigenvalue weighted by molar-refractivity contribution is -0.384. The van der Waals surface area contributed by atoms with Crippen LogP contribution >= 0.6 is 15.9 Å². The number of rotatable bonds is 3. The Morgan fingerprint density at radius 2 is 2.14 bits per heavy atom. The number of nitrogens with zero attached hydrogens (tertiary/aromatic N) is 2. The summed E-state index contributed by atoms with van der Waals surface area (Å²) in [6.45, 7) is 2.11. The molecule has 0 aliphatic carbocycles. The molecule has 0 aromatic heterocycles. The second-order valence-electron chi connectivity index (χ2n) is 5.68. The van der Waals surface area contributed by atoms with Crippen molar-refractivity contribution >= 4 is 27.3 Å². The fraction of sp³-hybridized carbons (Fsp3) is 0.571. The molecule has 1 aromatic carbocycles. The Bertz CT molecular complexity index is 569. The van der Waals surface area contributed by atoms with Gasteiger partial charge in [-0.15, -0.1) is 0 Å². The van der Waals surface area contributed by atoms with Crippen molar-refractivity contribution in [3.8, 4) is 0 Å². The molecule has 0 saturated carbocycles. The number of nitro groups is 1. The molecule has 2 aliphatic rings. The number of hydrogen-bond donors (Lipinski definition) is 1. The van der Waals surface area contributed by atoms with E-state index in [9.17, 15) is 14.5 Å². The fourth-order valence-electron chi connectivity index (χ4n) is 3.42. The van der Waals surface area contributed by atoms with Gasteiger partial charge in [0.05, 0.1) is 9.40 Å². The van der Waals surface area contributed by atoms with Crippen molar-refractivity contribution in [1.29, 1.82) is 0 Å². The second kappa shape index (κ2) is 5.88. The highest BCUT2D eigenvalue weighted by Crippen LogP contribution is 2.34. The van der Waals surface area contributed by atoms with Gasteiger partial charge in [0, 0.05) is 30.8 Å². The van der Waals surface area contributed by atoms with E-state index in [1.165, 1.54) is 25.0 Å². The molecular weight excluding hydrogens is 341 g/mol. The molecule has 0 amide bonds. The molecule has 0 bridgehead atoms. The van der Waals surface area contributed by atoms with Gasteiger partial charge >= 0.3 is 0 Å². The number of nitro benzene ring substituents is 1. The Kier molecular flexibility index (Phi) is 4.12. The molecule has 7 heteroatoms. The Hall–Kier alpha value is -1.21. The van der Waals surface area contributed by atoms with Crippen LogP contribution in [0.3, 0.4) is 0 Å². The van der Waals surface area contributed by atoms with Gasteiger partial charge in [0.1, 0.15) is 11.5 Å². The number of halogens is 2. The van der Waals surface area contributed by atoms with Gasteiger partial charge in [0.25, 0.3) is 5.69 Å². The molecule has 3 rings (SSSR count). The summed E-state index contributed by atoms with van der Waals surface area (Å²) >= 11 is 3.00. The van der Waals surface area contributed by atoms with Gasteiger partial charge in [-0.25, -0.2) is 4.39 Å². The summed E-state index contributed by atoms with van der Waals surface area (Å²) < 4.78 is 13.8. The van der Waals surface area contributed by atoms with Gasteiger partial charge in [-0.1, -0.05) is 6.42 Å². The molecule has 0 spiro atoms. The Balaban J connectivity index is 1.84. The van der Waals surface area contributed by atoms with Gasteiger partial charge in [0.2, 0.25) is 0 Å². The third kappa shape index (κ3) is 2.89. The summed E-state index contributed by atoms with van der Waals surface area (Å²) in [7, 11) is 0. The van der Waals surface area contributed by atoms with E-state index in [4.69, 9.17) is 0 Å². The summed E-state index contributed by atoms with van der Waals surface area (Å²) in [4.78, 5) is 13.1. The first kappa shape index (κ1) is 14.7. The average Bonchev–Trinajstić information content (AvgIpc) is 2.86. The Morgan fingerprint density at radius 3 is 2.90 bits per heavy atom. The van der Waals surface area contributed by atoms with Crippen molar-refractivity contribution in [3.63, 3.8) is 0 Å². The largest absolute Gasteiger partial charge is 0.375 e. The van der Waals surface area contributed by atoms with Crippen LogP contribution in [0.25, 0.3) is 0 Å². The highest BCUT2D eigenvalue weighted by Gasteiger charge is 2.36. The first-order chi connectivity index (χ1) is 10.1. The maximum absolute atomic E-state index is 13.7. The molecule has 5 nitrogen and oxygen atoms in total. The monoisotopic (exact) mass is 357 g/mol. The average molecular weight is 358 g/mol. The molecule has 2 atom stereocenters. The zero-order valence-electron chi connectivity index (χ0n) is 11.5. The minimum Gasteiger partial charge on any atom is -0.375 e. The lowest BCUT2D eigenvalue weighted by atomic mass is 9.99. The van der Waals surface area contributed by atoms with Crippen LogP contribution in [0.4, 0.5) is 15.8 Å². The maximum Gasteiger partial charge on any atom is 0.293 e. The van der Waals surface area contributed by atoms with Crippen molar-refractivity contribution in [2.75, 3.05) is 18.4 Å². The number of piperidine rings is 1. The van der Waals surface area contributed by atoms with E-state index in [2.05, 4.69) is 26.1 Å². The van der Waals surface area contributed by atoms with Gasteiger partial charge in [-0.3, -0.25) is 15.0 Å². The molecule has 2 aliphatic heterocycles. The molecule has 1 N–H and O–H groups in total. The third-order valence-electron chi connectivity index (χ3n) is 4.43. The van der Waals surface area contributed by atoms with E-state index in [1.807, 2.05) is 0 Å². The van der Waals surface area contributed by atoms with Gasteiger partial charge < -0.3 is 5.32 Å². The van der Waals surface area contributed by atoms with Gasteiger partial charge in [-0.05, 0) is 41.7 Å². The van der Waals surface area contributed by atoms with Gasteiger partial charge in [-0.2, -0.15) is 0 Å². The predicted octanol–water partition coefficient (Wildman–Crippen LogP) is 3.54. The van der Waals surface area contributed by atoms with Crippen molar-refractivity contribution < 1.29 is 9.31 Å². The van der Waals surface area contributed by atoms with E-state index in [-0.39, 0.29) is 21.9 Å². The van der Waals surface area contributed by atoms with E-state index in [0.717, 1.165) is 25.9 Å². The van der Waals surface area contributed by atoms with E-state index < -0.39 is 10.7 Å². The number of fused-ring (bicyclic) bond motifs is 1. The van der Waals surface area contributed by atoms with Crippen molar-refractivity contribution in [1.82, 2.24) is 4.90 Å². The van der Waals surface area contributed by atoms with E-state index in [1.54, 1.807) is 0 Å². The number of hydrogen-bond acceptors (Lipinski definition) is 4. The van der Waals surface area contributed by atoms with Crippen LogP contribution in [-0.2, 0) is 0 Å². The molecule has 0 radical (unpaired) electrons. The van der Waals surface area contributed by atoms with Gasteiger partial charge in [0.15, 0.2) is 0 Å². The van der Waals surface area contributed by atoms with Crippen LogP contribution in [0.2, 0.25) is 0 Å². The third-order valence-corrected chi connectivity index (χ3v) is 5.04. The summed E-state index contributed by atoms with van der Waals surface area (Å²) in [5, 5.41) is 14.4. The minimum atomic E-state index is -0.485. The quantitative estimate of drug-likeness (QED) is 0.663. The molecule has 2 saturated heterocycles. The lowest BCUT2D eigenvalue weighted by Gasteiger charge is -2.32. The number of nitrogens with one attached hydrogen (secondary N) is 1. The Morgan fingerprint density at radius 1 is 1.33 bits per heavy atom. The molecule has 21 heavy (non-hydrogen) atoms. The molecule has 2 fully saturated rings. The van der Waals surface area contributed by atoms with Crippen LogP contribution in [0, 0.1) is 15.9 Å². The maximum atomic E-state index is 13.7. The lowest BCUT2D eigenvalue weighted by Crippen LogP contribution is -2.41. The summed E-state index contributed by atoms with van der Waals surface area (Å²) in [6.07, 6.45) is 4.45. The molecule has 2 heterocycles. The topological polar surface area (TPSA) is 58.4 Å². The van der Waals surface area contributed by atoms with E-state index in [0.29, 0.717) is 6.04 Å². The Labute approximate surface area is 130 Å². The standard InChI is InChI=1S/C14H17BrFN3O2/c15-9-7-14(19(20)21)12(8-10(9)16)17-11-4-6-18-5-2-1-3-13(11)18/h7-8,11,13,17H,1-6H2.